The SMILES string of the molecule is Cc1cc(Br)c(S(=O)(=O)NC(C)(C)C)cc1Br. The van der Waals surface area contributed by atoms with Gasteiger partial charge in [0.2, 0.25) is 10.0 Å². The minimum Gasteiger partial charge on any atom is -0.207 e. The zero-order valence-corrected chi connectivity index (χ0v) is 14.1. The molecule has 3 nitrogen and oxygen atoms in total. The molecule has 1 aromatic carbocycles. The summed E-state index contributed by atoms with van der Waals surface area (Å²) in [7, 11) is -3.51. The van der Waals surface area contributed by atoms with Gasteiger partial charge in [-0.2, -0.15) is 0 Å². The molecule has 1 rings (SSSR count). The summed E-state index contributed by atoms with van der Waals surface area (Å²) in [5.41, 5.74) is 0.474. The molecule has 0 saturated heterocycles. The Morgan fingerprint density at radius 3 is 2.12 bits per heavy atom. The summed E-state index contributed by atoms with van der Waals surface area (Å²) in [5, 5.41) is 0. The van der Waals surface area contributed by atoms with Crippen LogP contribution in [-0.2, 0) is 10.0 Å². The number of rotatable bonds is 2. The highest BCUT2D eigenvalue weighted by molar-refractivity contribution is 9.11. The molecule has 96 valence electrons. The van der Waals surface area contributed by atoms with Gasteiger partial charge in [0.1, 0.15) is 0 Å². The van der Waals surface area contributed by atoms with Crippen molar-refractivity contribution in [2.75, 3.05) is 0 Å². The van der Waals surface area contributed by atoms with E-state index in [-0.39, 0.29) is 4.90 Å². The monoisotopic (exact) mass is 383 g/mol. The van der Waals surface area contributed by atoms with Crippen LogP contribution < -0.4 is 4.72 Å². The van der Waals surface area contributed by atoms with Gasteiger partial charge in [0, 0.05) is 14.5 Å². The fourth-order valence-electron chi connectivity index (χ4n) is 1.29. The summed E-state index contributed by atoms with van der Waals surface area (Å²) in [5.74, 6) is 0. The zero-order chi connectivity index (χ0) is 13.4. The number of benzene rings is 1. The number of nitrogens with one attached hydrogen (secondary N) is 1. The van der Waals surface area contributed by atoms with Crippen molar-refractivity contribution in [3.05, 3.63) is 26.6 Å². The largest absolute Gasteiger partial charge is 0.242 e. The molecular weight excluding hydrogens is 370 g/mol. The van der Waals surface area contributed by atoms with Crippen molar-refractivity contribution in [3.63, 3.8) is 0 Å². The van der Waals surface area contributed by atoms with Crippen LogP contribution in [0.25, 0.3) is 0 Å². The molecule has 0 fully saturated rings. The van der Waals surface area contributed by atoms with Crippen LogP contribution in [-0.4, -0.2) is 14.0 Å². The standard InChI is InChI=1S/C11H15Br2NO2S/c1-7-5-9(13)10(6-8(7)12)17(15,16)14-11(2,3)4/h5-6,14H,1-4H3. The predicted molar refractivity (Wildman–Crippen MR) is 76.7 cm³/mol. The molecular formula is C11H15Br2NO2S. The highest BCUT2D eigenvalue weighted by atomic mass is 79.9. The Morgan fingerprint density at radius 2 is 1.65 bits per heavy atom. The van der Waals surface area contributed by atoms with Crippen LogP contribution in [0.1, 0.15) is 26.3 Å². The van der Waals surface area contributed by atoms with Gasteiger partial charge in [-0.3, -0.25) is 0 Å². The number of hydrogen-bond donors (Lipinski definition) is 1. The lowest BCUT2D eigenvalue weighted by Crippen LogP contribution is -2.40. The first-order valence-corrected chi connectivity index (χ1v) is 8.09. The third-order valence-corrected chi connectivity index (χ3v) is 5.51. The van der Waals surface area contributed by atoms with Crippen molar-refractivity contribution >= 4 is 41.9 Å². The lowest BCUT2D eigenvalue weighted by Gasteiger charge is -2.21. The average Bonchev–Trinajstić information content (AvgIpc) is 2.06. The minimum atomic E-state index is -3.51. The fraction of sp³-hybridized carbons (Fsp3) is 0.455. The summed E-state index contributed by atoms with van der Waals surface area (Å²) >= 11 is 6.62. The van der Waals surface area contributed by atoms with E-state index in [9.17, 15) is 8.42 Å². The third-order valence-electron chi connectivity index (χ3n) is 1.94. The molecule has 0 aliphatic carbocycles. The van der Waals surface area contributed by atoms with Crippen LogP contribution in [0, 0.1) is 6.92 Å². The molecule has 0 heterocycles. The van der Waals surface area contributed by atoms with Crippen LogP contribution in [0.5, 0.6) is 0 Å². The van der Waals surface area contributed by atoms with E-state index in [0.29, 0.717) is 4.47 Å². The minimum absolute atomic E-state index is 0.241. The molecule has 0 spiro atoms. The van der Waals surface area contributed by atoms with Crippen molar-refractivity contribution in [1.82, 2.24) is 4.72 Å². The fourth-order valence-corrected chi connectivity index (χ4v) is 4.39. The second kappa shape index (κ2) is 4.99. The van der Waals surface area contributed by atoms with E-state index in [1.165, 1.54) is 0 Å². The van der Waals surface area contributed by atoms with Gasteiger partial charge in [-0.25, -0.2) is 13.1 Å². The summed E-state index contributed by atoms with van der Waals surface area (Å²) in [6, 6.07) is 3.38. The highest BCUT2D eigenvalue weighted by Gasteiger charge is 2.24. The van der Waals surface area contributed by atoms with Gasteiger partial charge in [-0.1, -0.05) is 15.9 Å². The normalized spacial score (nSPS) is 12.8. The number of halogens is 2. The topological polar surface area (TPSA) is 46.2 Å². The quantitative estimate of drug-likeness (QED) is 0.846. The zero-order valence-electron chi connectivity index (χ0n) is 10.1. The van der Waals surface area contributed by atoms with Crippen molar-refractivity contribution in [2.45, 2.75) is 38.1 Å². The Hall–Kier alpha value is 0.0900. The maximum atomic E-state index is 12.2. The molecule has 0 unspecified atom stereocenters. The lowest BCUT2D eigenvalue weighted by atomic mass is 10.1. The Labute approximate surface area is 119 Å². The lowest BCUT2D eigenvalue weighted by molar-refractivity contribution is 0.491. The van der Waals surface area contributed by atoms with E-state index in [1.54, 1.807) is 12.1 Å². The van der Waals surface area contributed by atoms with Crippen LogP contribution in [0.2, 0.25) is 0 Å². The van der Waals surface area contributed by atoms with Gasteiger partial charge < -0.3 is 0 Å². The maximum Gasteiger partial charge on any atom is 0.242 e. The third kappa shape index (κ3) is 4.05. The van der Waals surface area contributed by atoms with Crippen LogP contribution in [0.4, 0.5) is 0 Å². The van der Waals surface area contributed by atoms with E-state index < -0.39 is 15.6 Å². The highest BCUT2D eigenvalue weighted by Crippen LogP contribution is 2.29. The molecule has 0 amide bonds. The van der Waals surface area contributed by atoms with Crippen molar-refractivity contribution < 1.29 is 8.42 Å². The Bertz CT molecular complexity index is 533. The number of hydrogen-bond acceptors (Lipinski definition) is 2. The first-order chi connectivity index (χ1) is 7.53. The van der Waals surface area contributed by atoms with Crippen molar-refractivity contribution in [1.29, 1.82) is 0 Å². The van der Waals surface area contributed by atoms with Crippen molar-refractivity contribution in [3.8, 4) is 0 Å². The van der Waals surface area contributed by atoms with Gasteiger partial charge in [0.15, 0.2) is 0 Å². The van der Waals surface area contributed by atoms with Gasteiger partial charge in [0.05, 0.1) is 4.90 Å². The Kier molecular flexibility index (Phi) is 4.45. The van der Waals surface area contributed by atoms with E-state index in [0.717, 1.165) is 10.0 Å². The molecule has 0 aliphatic rings. The van der Waals surface area contributed by atoms with Gasteiger partial charge in [-0.15, -0.1) is 0 Å². The molecule has 0 bridgehead atoms. The molecule has 17 heavy (non-hydrogen) atoms. The molecule has 0 saturated carbocycles. The van der Waals surface area contributed by atoms with Crippen LogP contribution in [0.15, 0.2) is 26.0 Å². The summed E-state index contributed by atoms with van der Waals surface area (Å²) in [6.45, 7) is 7.33. The summed E-state index contributed by atoms with van der Waals surface area (Å²) in [6.07, 6.45) is 0. The molecule has 0 atom stereocenters. The molecule has 6 heteroatoms. The molecule has 0 aromatic heterocycles. The molecule has 1 aromatic rings. The van der Waals surface area contributed by atoms with Crippen LogP contribution in [0.3, 0.4) is 0 Å². The van der Waals surface area contributed by atoms with Crippen molar-refractivity contribution in [2.24, 2.45) is 0 Å². The predicted octanol–water partition coefficient (Wildman–Crippen LogP) is 3.60. The smallest absolute Gasteiger partial charge is 0.207 e. The van der Waals surface area contributed by atoms with Gasteiger partial charge >= 0.3 is 0 Å². The molecule has 0 radical (unpaired) electrons. The number of aryl methyl sites for hydroxylation is 1. The van der Waals surface area contributed by atoms with E-state index in [2.05, 4.69) is 36.6 Å². The second-order valence-electron chi connectivity index (χ2n) is 4.89. The first kappa shape index (κ1) is 15.1. The van der Waals surface area contributed by atoms with Gasteiger partial charge in [-0.05, 0) is 61.3 Å². The number of sulfonamides is 1. The molecule has 0 aliphatic heterocycles. The Morgan fingerprint density at radius 1 is 1.12 bits per heavy atom. The second-order valence-corrected chi connectivity index (χ2v) is 8.25. The van der Waals surface area contributed by atoms with E-state index in [1.807, 2.05) is 27.7 Å². The first-order valence-electron chi connectivity index (χ1n) is 5.02. The Balaban J connectivity index is 3.30. The average molecular weight is 385 g/mol. The van der Waals surface area contributed by atoms with Crippen LogP contribution >= 0.6 is 31.9 Å². The molecule has 1 N–H and O–H groups in total. The van der Waals surface area contributed by atoms with E-state index >= 15 is 0 Å². The van der Waals surface area contributed by atoms with E-state index in [4.69, 9.17) is 0 Å². The summed E-state index contributed by atoms with van der Waals surface area (Å²) in [4.78, 5) is 0.241. The maximum absolute atomic E-state index is 12.2. The van der Waals surface area contributed by atoms with Gasteiger partial charge in [0.25, 0.3) is 0 Å². The summed E-state index contributed by atoms with van der Waals surface area (Å²) < 4.78 is 28.3.